The zero-order chi connectivity index (χ0) is 32.6. The molecule has 1 fully saturated rings. The molecule has 3 aromatic rings. The smallest absolute Gasteiger partial charge is 0.412 e. The Morgan fingerprint density at radius 2 is 1.77 bits per heavy atom. The molecular weight excluding hydrogens is 617 g/mol. The van der Waals surface area contributed by atoms with E-state index in [9.17, 15) is 41.4 Å². The highest BCUT2D eigenvalue weighted by atomic mass is 32.1. The standard InChI is InChI=1S/C26H28F5N7O5S/c1-13-11-36(8-9-37(13)24(41)42)22-16(10-32-38(22)12-26(29,30)31)33-19(39)18-21(35-23(40)43-25(2,3)4)44-20(34-18)17-14(27)6-5-7-15(17)28/h5-7,10,13H,8-9,11-12H2,1-4H3,(H,33,39)(H,35,40)(H,41,42)/t13-/m1/s1. The first-order valence-corrected chi connectivity index (χ1v) is 13.9. The number of halogens is 5. The topological polar surface area (TPSA) is 142 Å². The van der Waals surface area contributed by atoms with Crippen LogP contribution in [0.2, 0.25) is 0 Å². The van der Waals surface area contributed by atoms with Gasteiger partial charge in [-0.2, -0.15) is 18.3 Å². The van der Waals surface area contributed by atoms with Gasteiger partial charge in [0.15, 0.2) is 11.5 Å². The first-order valence-electron chi connectivity index (χ1n) is 13.1. The van der Waals surface area contributed by atoms with Crippen molar-refractivity contribution in [2.45, 2.75) is 52.1 Å². The van der Waals surface area contributed by atoms with Gasteiger partial charge >= 0.3 is 18.4 Å². The van der Waals surface area contributed by atoms with Gasteiger partial charge in [-0.1, -0.05) is 17.4 Å². The minimum Gasteiger partial charge on any atom is -0.465 e. The summed E-state index contributed by atoms with van der Waals surface area (Å²) in [6.45, 7) is 4.77. The molecule has 2 aromatic heterocycles. The van der Waals surface area contributed by atoms with Gasteiger partial charge in [-0.15, -0.1) is 0 Å². The fraction of sp³-hybridized carbons (Fsp3) is 0.423. The van der Waals surface area contributed by atoms with Crippen molar-refractivity contribution in [3.63, 3.8) is 0 Å². The summed E-state index contributed by atoms with van der Waals surface area (Å²) >= 11 is 0.578. The number of carbonyl (C=O) groups is 3. The summed E-state index contributed by atoms with van der Waals surface area (Å²) in [5, 5.41) is 17.4. The average Bonchev–Trinajstić information content (AvgIpc) is 3.45. The van der Waals surface area contributed by atoms with E-state index in [0.29, 0.717) is 16.0 Å². The van der Waals surface area contributed by atoms with Crippen LogP contribution in [0.1, 0.15) is 38.2 Å². The Labute approximate surface area is 251 Å². The third kappa shape index (κ3) is 7.53. The molecule has 0 unspecified atom stereocenters. The van der Waals surface area contributed by atoms with E-state index in [2.05, 4.69) is 20.7 Å². The van der Waals surface area contributed by atoms with Crippen LogP contribution in [0.5, 0.6) is 0 Å². The number of piperazine rings is 1. The maximum Gasteiger partial charge on any atom is 0.412 e. The van der Waals surface area contributed by atoms with Gasteiger partial charge in [-0.3, -0.25) is 10.1 Å². The Kier molecular flexibility index (Phi) is 9.03. The van der Waals surface area contributed by atoms with Gasteiger partial charge < -0.3 is 25.0 Å². The van der Waals surface area contributed by atoms with E-state index < -0.39 is 65.3 Å². The molecule has 1 aromatic carbocycles. The molecule has 0 aliphatic carbocycles. The Morgan fingerprint density at radius 3 is 2.34 bits per heavy atom. The van der Waals surface area contributed by atoms with Crippen molar-refractivity contribution in [2.24, 2.45) is 0 Å². The summed E-state index contributed by atoms with van der Waals surface area (Å²) in [5.74, 6) is -3.16. The Morgan fingerprint density at radius 1 is 1.11 bits per heavy atom. The van der Waals surface area contributed by atoms with E-state index in [1.807, 2.05) is 0 Å². The molecule has 0 saturated carbocycles. The monoisotopic (exact) mass is 645 g/mol. The summed E-state index contributed by atoms with van der Waals surface area (Å²) in [7, 11) is 0. The van der Waals surface area contributed by atoms with Gasteiger partial charge in [0.05, 0.1) is 11.8 Å². The van der Waals surface area contributed by atoms with E-state index in [1.165, 1.54) is 4.90 Å². The normalized spacial score (nSPS) is 15.7. The van der Waals surface area contributed by atoms with Crippen LogP contribution in [0.3, 0.4) is 0 Å². The fourth-order valence-corrected chi connectivity index (χ4v) is 5.46. The molecule has 1 aliphatic heterocycles. The number of alkyl halides is 3. The molecule has 1 atom stereocenters. The van der Waals surface area contributed by atoms with Crippen molar-refractivity contribution in [1.29, 1.82) is 0 Å². The van der Waals surface area contributed by atoms with E-state index in [0.717, 1.165) is 29.3 Å². The quantitative estimate of drug-likeness (QED) is 0.293. The van der Waals surface area contributed by atoms with Crippen molar-refractivity contribution < 1.29 is 46.2 Å². The van der Waals surface area contributed by atoms with Crippen LogP contribution in [0.15, 0.2) is 24.4 Å². The predicted octanol–water partition coefficient (Wildman–Crippen LogP) is 5.63. The Hall–Kier alpha value is -4.48. The molecule has 0 radical (unpaired) electrons. The van der Waals surface area contributed by atoms with E-state index in [-0.39, 0.29) is 41.1 Å². The minimum atomic E-state index is -4.69. The molecular formula is C26H28F5N7O5S. The van der Waals surface area contributed by atoms with Gasteiger partial charge in [0.1, 0.15) is 39.5 Å². The number of carboxylic acid groups (broad SMARTS) is 1. The highest BCUT2D eigenvalue weighted by Crippen LogP contribution is 2.37. The second-order valence-electron chi connectivity index (χ2n) is 10.8. The van der Waals surface area contributed by atoms with Crippen LogP contribution in [0.25, 0.3) is 10.6 Å². The molecule has 238 valence electrons. The first kappa shape index (κ1) is 32.4. The molecule has 3 heterocycles. The van der Waals surface area contributed by atoms with E-state index in [4.69, 9.17) is 4.74 Å². The second-order valence-corrected chi connectivity index (χ2v) is 11.8. The lowest BCUT2D eigenvalue weighted by Crippen LogP contribution is -2.54. The van der Waals surface area contributed by atoms with Crippen LogP contribution in [-0.4, -0.2) is 80.3 Å². The number of rotatable bonds is 6. The van der Waals surface area contributed by atoms with Crippen LogP contribution in [-0.2, 0) is 11.3 Å². The Balaban J connectivity index is 1.72. The molecule has 3 amide bonds. The summed E-state index contributed by atoms with van der Waals surface area (Å²) in [4.78, 5) is 44.2. The largest absolute Gasteiger partial charge is 0.465 e. The van der Waals surface area contributed by atoms with Crippen LogP contribution in [0.4, 0.5) is 48.0 Å². The summed E-state index contributed by atoms with van der Waals surface area (Å²) in [6.07, 6.45) is -5.89. The number of hydrogen-bond acceptors (Lipinski definition) is 8. The van der Waals surface area contributed by atoms with Crippen molar-refractivity contribution in [2.75, 3.05) is 35.2 Å². The van der Waals surface area contributed by atoms with Crippen molar-refractivity contribution in [3.05, 3.63) is 41.7 Å². The zero-order valence-electron chi connectivity index (χ0n) is 23.8. The number of hydrogen-bond donors (Lipinski definition) is 3. The van der Waals surface area contributed by atoms with Crippen LogP contribution in [0, 0.1) is 11.6 Å². The summed E-state index contributed by atoms with van der Waals surface area (Å²) in [5.41, 5.74) is -2.18. The third-order valence-electron chi connectivity index (χ3n) is 6.19. The molecule has 18 heteroatoms. The molecule has 1 saturated heterocycles. The van der Waals surface area contributed by atoms with Gasteiger partial charge in [0, 0.05) is 25.7 Å². The van der Waals surface area contributed by atoms with Crippen molar-refractivity contribution in [3.8, 4) is 10.6 Å². The molecule has 0 bridgehead atoms. The zero-order valence-corrected chi connectivity index (χ0v) is 24.6. The average molecular weight is 646 g/mol. The van der Waals surface area contributed by atoms with E-state index in [1.54, 1.807) is 27.7 Å². The maximum atomic E-state index is 14.6. The third-order valence-corrected chi connectivity index (χ3v) is 7.18. The number of nitrogens with zero attached hydrogens (tertiary/aromatic N) is 5. The lowest BCUT2D eigenvalue weighted by Gasteiger charge is -2.39. The number of thiazole rings is 1. The lowest BCUT2D eigenvalue weighted by atomic mass is 10.2. The predicted molar refractivity (Wildman–Crippen MR) is 150 cm³/mol. The van der Waals surface area contributed by atoms with Gasteiger partial charge in [0.25, 0.3) is 5.91 Å². The van der Waals surface area contributed by atoms with Crippen molar-refractivity contribution in [1.82, 2.24) is 19.7 Å². The number of carbonyl (C=O) groups excluding carboxylic acids is 2. The first-order chi connectivity index (χ1) is 20.4. The van der Waals surface area contributed by atoms with Gasteiger partial charge in [-0.25, -0.2) is 28.0 Å². The molecule has 1 aliphatic rings. The molecule has 44 heavy (non-hydrogen) atoms. The number of anilines is 3. The lowest BCUT2D eigenvalue weighted by molar-refractivity contribution is -0.142. The van der Waals surface area contributed by atoms with Gasteiger partial charge in [0.2, 0.25) is 0 Å². The second kappa shape index (κ2) is 12.3. The van der Waals surface area contributed by atoms with Crippen molar-refractivity contribution >= 4 is 45.9 Å². The fourth-order valence-electron chi connectivity index (χ4n) is 4.47. The summed E-state index contributed by atoms with van der Waals surface area (Å²) in [6, 6.07) is 2.48. The number of nitrogens with one attached hydrogen (secondary N) is 2. The SMILES string of the molecule is C[C@@H]1CN(c2c(NC(=O)c3nc(-c4c(F)cccc4F)sc3NC(=O)OC(C)(C)C)cnn2CC(F)(F)F)CCN1C(=O)O. The Bertz CT molecular complexity index is 1550. The summed E-state index contributed by atoms with van der Waals surface area (Å²) < 4.78 is 75.3. The number of benzene rings is 1. The van der Waals surface area contributed by atoms with Gasteiger partial charge in [-0.05, 0) is 39.8 Å². The number of ether oxygens (including phenoxy) is 1. The molecule has 12 nitrogen and oxygen atoms in total. The number of aromatic nitrogens is 3. The molecule has 0 spiro atoms. The number of amides is 3. The molecule has 4 rings (SSSR count). The molecule has 3 N–H and O–H groups in total. The van der Waals surface area contributed by atoms with Crippen LogP contribution >= 0.6 is 11.3 Å². The van der Waals surface area contributed by atoms with Crippen LogP contribution < -0.4 is 15.5 Å². The van der Waals surface area contributed by atoms with E-state index >= 15 is 0 Å². The maximum absolute atomic E-state index is 14.6. The minimum absolute atomic E-state index is 0.0120. The highest BCUT2D eigenvalue weighted by Gasteiger charge is 2.35. The highest BCUT2D eigenvalue weighted by molar-refractivity contribution is 7.19.